The van der Waals surface area contributed by atoms with E-state index in [9.17, 15) is 13.2 Å². The highest BCUT2D eigenvalue weighted by Gasteiger charge is 2.24. The minimum absolute atomic E-state index is 0.110. The fraction of sp³-hybridized carbons (Fsp3) is 0.300. The van der Waals surface area contributed by atoms with Gasteiger partial charge in [-0.25, -0.2) is 0 Å². The summed E-state index contributed by atoms with van der Waals surface area (Å²) in [6, 6.07) is 11.9. The summed E-state index contributed by atoms with van der Waals surface area (Å²) in [6.45, 7) is 2.90. The average Bonchev–Trinajstić information content (AvgIpc) is 2.71. The van der Waals surface area contributed by atoms with Gasteiger partial charge < -0.3 is 20.1 Å². The number of rotatable bonds is 5. The zero-order valence-electron chi connectivity index (χ0n) is 15.8. The number of fused-ring (bicyclic) bond motifs is 2. The van der Waals surface area contributed by atoms with Crippen LogP contribution in [-0.2, 0) is 14.8 Å². The number of para-hydroxylation sites is 1. The largest absolute Gasteiger partial charge is 0.486 e. The van der Waals surface area contributed by atoms with Crippen molar-refractivity contribution < 1.29 is 22.7 Å². The van der Waals surface area contributed by atoms with Gasteiger partial charge in [-0.1, -0.05) is 18.2 Å². The molecule has 0 aromatic heterocycles. The number of nitrogens with zero attached hydrogens (tertiary/aromatic N) is 1. The second-order valence-corrected chi connectivity index (χ2v) is 8.40. The van der Waals surface area contributed by atoms with E-state index in [-0.39, 0.29) is 35.5 Å². The Labute approximate surface area is 169 Å². The van der Waals surface area contributed by atoms with Gasteiger partial charge in [0.25, 0.3) is 10.0 Å². The van der Waals surface area contributed by atoms with Gasteiger partial charge in [-0.05, 0) is 36.8 Å². The van der Waals surface area contributed by atoms with Gasteiger partial charge in [0.15, 0.2) is 11.5 Å². The minimum atomic E-state index is -3.75. The fourth-order valence-electron chi connectivity index (χ4n) is 3.23. The van der Waals surface area contributed by atoms with Crippen LogP contribution in [0, 0.1) is 0 Å². The van der Waals surface area contributed by atoms with E-state index in [0.717, 1.165) is 5.56 Å². The number of nitrogens with one attached hydrogen (secondary N) is 2. The number of anilines is 1. The van der Waals surface area contributed by atoms with Crippen LogP contribution in [0.5, 0.6) is 11.5 Å². The van der Waals surface area contributed by atoms with Crippen LogP contribution >= 0.6 is 0 Å². The third kappa shape index (κ3) is 4.19. The maximum absolute atomic E-state index is 12.4. The van der Waals surface area contributed by atoms with Gasteiger partial charge in [0.05, 0.1) is 11.7 Å². The van der Waals surface area contributed by atoms with E-state index in [0.29, 0.717) is 30.4 Å². The Bertz CT molecular complexity index is 1080. The lowest BCUT2D eigenvalue weighted by Crippen LogP contribution is -2.29. The summed E-state index contributed by atoms with van der Waals surface area (Å²) in [5, 5.41) is 5.90. The molecule has 9 heteroatoms. The molecule has 2 heterocycles. The zero-order valence-corrected chi connectivity index (χ0v) is 16.7. The Morgan fingerprint density at radius 3 is 2.76 bits per heavy atom. The van der Waals surface area contributed by atoms with Crippen LogP contribution < -0.4 is 20.1 Å². The molecule has 1 unspecified atom stereocenters. The Hall–Kier alpha value is -3.07. The summed E-state index contributed by atoms with van der Waals surface area (Å²) >= 11 is 0. The molecule has 0 bridgehead atoms. The molecule has 0 aliphatic carbocycles. The van der Waals surface area contributed by atoms with Gasteiger partial charge in [-0.3, -0.25) is 4.79 Å². The summed E-state index contributed by atoms with van der Waals surface area (Å²) in [7, 11) is -3.75. The molecule has 0 fully saturated rings. The molecular weight excluding hydrogens is 394 g/mol. The molecule has 8 nitrogen and oxygen atoms in total. The quantitative estimate of drug-likeness (QED) is 0.778. The standard InChI is InChI=1S/C20H21N3O5S/c1-13(14-6-7-16-17(12-14)28-11-10-27-16)21-20(24)9-8-19-22-15-4-2-3-5-18(15)29(25,26)23-19/h2-7,12-13H,8-11H2,1H3,(H,21,24)(H,22,23). The lowest BCUT2D eigenvalue weighted by molar-refractivity contribution is -0.121. The number of benzene rings is 2. The molecule has 0 spiro atoms. The fourth-order valence-corrected chi connectivity index (χ4v) is 4.41. The second-order valence-electron chi connectivity index (χ2n) is 6.83. The number of sulfonamides is 1. The smallest absolute Gasteiger partial charge is 0.286 e. The maximum atomic E-state index is 12.4. The van der Waals surface area contributed by atoms with Crippen molar-refractivity contribution in [3.05, 3.63) is 48.0 Å². The lowest BCUT2D eigenvalue weighted by Gasteiger charge is -2.21. The topological polar surface area (TPSA) is 106 Å². The highest BCUT2D eigenvalue weighted by Crippen LogP contribution is 2.32. The number of carbonyl (C=O) groups excluding carboxylic acids is 1. The molecule has 2 aromatic carbocycles. The minimum Gasteiger partial charge on any atom is -0.486 e. The van der Waals surface area contributed by atoms with E-state index >= 15 is 0 Å². The molecule has 29 heavy (non-hydrogen) atoms. The van der Waals surface area contributed by atoms with Crippen molar-refractivity contribution in [3.8, 4) is 11.5 Å². The number of carbonyl (C=O) groups is 1. The van der Waals surface area contributed by atoms with Gasteiger partial charge >= 0.3 is 0 Å². The number of amidine groups is 1. The molecule has 4 rings (SSSR count). The molecule has 2 aromatic rings. The number of hydrogen-bond acceptors (Lipinski definition) is 6. The Balaban J connectivity index is 1.36. The van der Waals surface area contributed by atoms with E-state index in [1.165, 1.54) is 6.07 Å². The van der Waals surface area contributed by atoms with E-state index in [1.54, 1.807) is 18.2 Å². The SMILES string of the molecule is CC(NC(=O)CCC1=NS(=O)(=O)c2ccccc2N1)c1ccc2c(c1)OCCO2. The van der Waals surface area contributed by atoms with Gasteiger partial charge in [0.1, 0.15) is 23.9 Å². The van der Waals surface area contributed by atoms with Crippen LogP contribution in [0.2, 0.25) is 0 Å². The van der Waals surface area contributed by atoms with Crippen molar-refractivity contribution in [2.24, 2.45) is 4.40 Å². The van der Waals surface area contributed by atoms with Crippen LogP contribution in [-0.4, -0.2) is 33.4 Å². The first-order valence-electron chi connectivity index (χ1n) is 9.31. The monoisotopic (exact) mass is 415 g/mol. The number of amides is 1. The maximum Gasteiger partial charge on any atom is 0.286 e. The Morgan fingerprint density at radius 2 is 1.93 bits per heavy atom. The molecule has 2 N–H and O–H groups in total. The first kappa shape index (κ1) is 19.3. The summed E-state index contributed by atoms with van der Waals surface area (Å²) < 4.78 is 39.4. The van der Waals surface area contributed by atoms with Crippen LogP contribution in [0.1, 0.15) is 31.4 Å². The van der Waals surface area contributed by atoms with Crippen LogP contribution in [0.25, 0.3) is 0 Å². The number of ether oxygens (including phenoxy) is 2. The van der Waals surface area contributed by atoms with Gasteiger partial charge in [-0.15, -0.1) is 4.40 Å². The number of hydrogen-bond donors (Lipinski definition) is 2. The van der Waals surface area contributed by atoms with E-state index in [4.69, 9.17) is 9.47 Å². The Kier molecular flexibility index (Phi) is 5.14. The summed E-state index contributed by atoms with van der Waals surface area (Å²) in [4.78, 5) is 12.5. The molecule has 0 radical (unpaired) electrons. The van der Waals surface area contributed by atoms with E-state index in [1.807, 2.05) is 25.1 Å². The highest BCUT2D eigenvalue weighted by molar-refractivity contribution is 7.90. The normalized spacial score (nSPS) is 17.3. The lowest BCUT2D eigenvalue weighted by atomic mass is 10.1. The van der Waals surface area contributed by atoms with Crippen molar-refractivity contribution in [3.63, 3.8) is 0 Å². The molecular formula is C20H21N3O5S. The third-order valence-corrected chi connectivity index (χ3v) is 6.08. The predicted octanol–water partition coefficient (Wildman–Crippen LogP) is 2.63. The molecule has 0 saturated heterocycles. The first-order valence-corrected chi connectivity index (χ1v) is 10.8. The molecule has 1 atom stereocenters. The molecule has 2 aliphatic rings. The predicted molar refractivity (Wildman–Crippen MR) is 108 cm³/mol. The van der Waals surface area contributed by atoms with Gasteiger partial charge in [0, 0.05) is 12.8 Å². The molecule has 1 amide bonds. The summed E-state index contributed by atoms with van der Waals surface area (Å²) in [5.41, 5.74) is 1.37. The summed E-state index contributed by atoms with van der Waals surface area (Å²) in [6.07, 6.45) is 0.297. The molecule has 0 saturated carbocycles. The van der Waals surface area contributed by atoms with Crippen molar-refractivity contribution in [2.45, 2.75) is 30.7 Å². The average molecular weight is 415 g/mol. The van der Waals surface area contributed by atoms with Crippen molar-refractivity contribution in [1.29, 1.82) is 0 Å². The zero-order chi connectivity index (χ0) is 20.4. The summed E-state index contributed by atoms with van der Waals surface area (Å²) in [5.74, 6) is 1.42. The third-order valence-electron chi connectivity index (χ3n) is 4.71. The van der Waals surface area contributed by atoms with Crippen LogP contribution in [0.3, 0.4) is 0 Å². The van der Waals surface area contributed by atoms with Crippen molar-refractivity contribution in [1.82, 2.24) is 5.32 Å². The van der Waals surface area contributed by atoms with Crippen LogP contribution in [0.15, 0.2) is 51.8 Å². The second kappa shape index (κ2) is 7.75. The highest BCUT2D eigenvalue weighted by atomic mass is 32.2. The van der Waals surface area contributed by atoms with Crippen LogP contribution in [0.4, 0.5) is 5.69 Å². The first-order chi connectivity index (χ1) is 13.9. The van der Waals surface area contributed by atoms with Crippen molar-refractivity contribution >= 4 is 27.5 Å². The van der Waals surface area contributed by atoms with Gasteiger partial charge in [-0.2, -0.15) is 8.42 Å². The van der Waals surface area contributed by atoms with E-state index < -0.39 is 10.0 Å². The van der Waals surface area contributed by atoms with E-state index in [2.05, 4.69) is 15.0 Å². The van der Waals surface area contributed by atoms with Gasteiger partial charge in [0.2, 0.25) is 5.91 Å². The Morgan fingerprint density at radius 1 is 1.17 bits per heavy atom. The molecule has 2 aliphatic heterocycles. The van der Waals surface area contributed by atoms with Crippen molar-refractivity contribution in [2.75, 3.05) is 18.5 Å². The molecule has 152 valence electrons.